The van der Waals surface area contributed by atoms with Crippen LogP contribution in [0.15, 0.2) is 12.1 Å². The average Bonchev–Trinajstić information content (AvgIpc) is 2.75. The molecule has 1 nitrogen and oxygen atoms in total. The molecule has 0 spiro atoms. The summed E-state index contributed by atoms with van der Waals surface area (Å²) in [5.74, 6) is -0.399. The minimum absolute atomic E-state index is 0.0149. The molecule has 0 aromatic heterocycles. The summed E-state index contributed by atoms with van der Waals surface area (Å²) >= 11 is 0. The number of halogens is 4. The quantitative estimate of drug-likeness (QED) is 0.708. The maximum Gasteiger partial charge on any atom is 0.408 e. The summed E-state index contributed by atoms with van der Waals surface area (Å²) in [5, 5.41) is 0. The summed E-state index contributed by atoms with van der Waals surface area (Å²) in [5.41, 5.74) is 1.63. The van der Waals surface area contributed by atoms with Crippen LogP contribution < -0.4 is 4.90 Å². The van der Waals surface area contributed by atoms with Crippen LogP contribution in [-0.2, 0) is 0 Å². The Balaban J connectivity index is 2.39. The summed E-state index contributed by atoms with van der Waals surface area (Å²) in [7, 11) is 0. The van der Waals surface area contributed by atoms with Gasteiger partial charge in [-0.2, -0.15) is 13.2 Å². The molecule has 1 unspecified atom stereocenters. The van der Waals surface area contributed by atoms with Gasteiger partial charge in [-0.15, -0.1) is 0 Å². The van der Waals surface area contributed by atoms with E-state index in [1.165, 1.54) is 11.0 Å². The van der Waals surface area contributed by atoms with Crippen LogP contribution in [0.2, 0.25) is 0 Å². The molecule has 1 saturated heterocycles. The van der Waals surface area contributed by atoms with Crippen molar-refractivity contribution in [1.82, 2.24) is 0 Å². The molecule has 1 heterocycles. The normalized spacial score (nSPS) is 20.0. The SMILES string of the molecule is Cc1cc(N2CCCC2C(F)(F)F)cc(F)c1C(C)C. The van der Waals surface area contributed by atoms with Crippen molar-refractivity contribution in [3.05, 3.63) is 29.1 Å². The number of aryl methyl sites for hydroxylation is 1. The van der Waals surface area contributed by atoms with Crippen molar-refractivity contribution in [2.75, 3.05) is 11.4 Å². The molecule has 1 aromatic rings. The smallest absolute Gasteiger partial charge is 0.360 e. The summed E-state index contributed by atoms with van der Waals surface area (Å²) in [6.45, 7) is 5.82. The average molecular weight is 289 g/mol. The lowest BCUT2D eigenvalue weighted by molar-refractivity contribution is -0.145. The molecule has 1 aliphatic rings. The zero-order chi connectivity index (χ0) is 15.1. The van der Waals surface area contributed by atoms with Gasteiger partial charge in [0.15, 0.2) is 0 Å². The van der Waals surface area contributed by atoms with Crippen LogP contribution in [0, 0.1) is 12.7 Å². The first-order chi connectivity index (χ1) is 9.21. The molecule has 0 bridgehead atoms. The molecule has 20 heavy (non-hydrogen) atoms. The Kier molecular flexibility index (Phi) is 3.98. The van der Waals surface area contributed by atoms with Gasteiger partial charge in [0.05, 0.1) is 0 Å². The second kappa shape index (κ2) is 5.26. The van der Waals surface area contributed by atoms with Gasteiger partial charge >= 0.3 is 6.18 Å². The Labute approximate surface area is 116 Å². The minimum Gasteiger partial charge on any atom is -0.360 e. The highest BCUT2D eigenvalue weighted by molar-refractivity contribution is 5.54. The molecular weight excluding hydrogens is 270 g/mol. The minimum atomic E-state index is -4.27. The molecule has 0 amide bonds. The van der Waals surface area contributed by atoms with Gasteiger partial charge in [0.25, 0.3) is 0 Å². The van der Waals surface area contributed by atoms with Crippen molar-refractivity contribution in [3.63, 3.8) is 0 Å². The number of hydrogen-bond donors (Lipinski definition) is 0. The number of benzene rings is 1. The lowest BCUT2D eigenvalue weighted by Gasteiger charge is -2.29. The van der Waals surface area contributed by atoms with E-state index in [1.807, 2.05) is 13.8 Å². The van der Waals surface area contributed by atoms with Gasteiger partial charge < -0.3 is 4.90 Å². The number of nitrogens with zero attached hydrogens (tertiary/aromatic N) is 1. The van der Waals surface area contributed by atoms with Crippen molar-refractivity contribution in [2.24, 2.45) is 0 Å². The van der Waals surface area contributed by atoms with Gasteiger partial charge in [0.2, 0.25) is 0 Å². The van der Waals surface area contributed by atoms with Crippen LogP contribution in [0.25, 0.3) is 0 Å². The van der Waals surface area contributed by atoms with E-state index in [4.69, 9.17) is 0 Å². The number of anilines is 1. The first kappa shape index (κ1) is 15.1. The van der Waals surface area contributed by atoms with Crippen LogP contribution in [-0.4, -0.2) is 18.8 Å². The molecule has 0 saturated carbocycles. The van der Waals surface area contributed by atoms with Crippen LogP contribution in [0.5, 0.6) is 0 Å². The standard InChI is InChI=1S/C15H19F4N/c1-9(2)14-10(3)7-11(8-12(14)16)20-6-4-5-13(20)15(17,18)19/h7-9,13H,4-6H2,1-3H3. The van der Waals surface area contributed by atoms with E-state index in [2.05, 4.69) is 0 Å². The molecule has 1 aromatic carbocycles. The highest BCUT2D eigenvalue weighted by atomic mass is 19.4. The van der Waals surface area contributed by atoms with Crippen LogP contribution in [0.1, 0.15) is 43.7 Å². The lowest BCUT2D eigenvalue weighted by Crippen LogP contribution is -2.41. The molecule has 1 atom stereocenters. The highest BCUT2D eigenvalue weighted by Crippen LogP contribution is 2.37. The maximum absolute atomic E-state index is 14.1. The monoisotopic (exact) mass is 289 g/mol. The van der Waals surface area contributed by atoms with Crippen LogP contribution in [0.4, 0.5) is 23.2 Å². The number of hydrogen-bond acceptors (Lipinski definition) is 1. The van der Waals surface area contributed by atoms with E-state index in [0.717, 1.165) is 0 Å². The Morgan fingerprint density at radius 1 is 1.25 bits per heavy atom. The van der Waals surface area contributed by atoms with Gasteiger partial charge in [-0.1, -0.05) is 13.8 Å². The maximum atomic E-state index is 14.1. The molecule has 0 aliphatic carbocycles. The fraction of sp³-hybridized carbons (Fsp3) is 0.600. The lowest BCUT2D eigenvalue weighted by atomic mass is 9.96. The Morgan fingerprint density at radius 2 is 1.90 bits per heavy atom. The molecular formula is C15H19F4N. The summed E-state index contributed by atoms with van der Waals surface area (Å²) in [6, 6.07) is 1.42. The van der Waals surface area contributed by atoms with E-state index in [9.17, 15) is 17.6 Å². The summed E-state index contributed by atoms with van der Waals surface area (Å²) < 4.78 is 53.0. The van der Waals surface area contributed by atoms with E-state index >= 15 is 0 Å². The molecule has 1 aliphatic heterocycles. The van der Waals surface area contributed by atoms with E-state index in [1.54, 1.807) is 13.0 Å². The highest BCUT2D eigenvalue weighted by Gasteiger charge is 2.46. The van der Waals surface area contributed by atoms with Gasteiger partial charge in [0, 0.05) is 12.2 Å². The zero-order valence-electron chi connectivity index (χ0n) is 11.9. The molecule has 5 heteroatoms. The van der Waals surface area contributed by atoms with Gasteiger partial charge in [-0.05, 0) is 48.9 Å². The Bertz CT molecular complexity index is 470. The van der Waals surface area contributed by atoms with Crippen LogP contribution >= 0.6 is 0 Å². The van der Waals surface area contributed by atoms with Gasteiger partial charge in [-0.3, -0.25) is 0 Å². The zero-order valence-corrected chi connectivity index (χ0v) is 11.9. The van der Waals surface area contributed by atoms with Crippen LogP contribution in [0.3, 0.4) is 0 Å². The fourth-order valence-corrected chi connectivity index (χ4v) is 3.05. The molecule has 0 radical (unpaired) electrons. The molecule has 1 fully saturated rings. The van der Waals surface area contributed by atoms with Crippen molar-refractivity contribution in [1.29, 1.82) is 0 Å². The van der Waals surface area contributed by atoms with E-state index in [0.29, 0.717) is 29.8 Å². The Hall–Kier alpha value is -1.26. The third kappa shape index (κ3) is 2.76. The second-order valence-corrected chi connectivity index (χ2v) is 5.71. The van der Waals surface area contributed by atoms with E-state index < -0.39 is 18.0 Å². The third-order valence-electron chi connectivity index (χ3n) is 3.86. The first-order valence-corrected chi connectivity index (χ1v) is 6.85. The number of alkyl halides is 3. The molecule has 112 valence electrons. The predicted octanol–water partition coefficient (Wildman–Crippen LogP) is 4.79. The van der Waals surface area contributed by atoms with E-state index in [-0.39, 0.29) is 12.3 Å². The second-order valence-electron chi connectivity index (χ2n) is 5.71. The van der Waals surface area contributed by atoms with Crippen molar-refractivity contribution in [3.8, 4) is 0 Å². The van der Waals surface area contributed by atoms with Crippen molar-refractivity contribution < 1.29 is 17.6 Å². The van der Waals surface area contributed by atoms with Gasteiger partial charge in [0.1, 0.15) is 11.9 Å². The third-order valence-corrected chi connectivity index (χ3v) is 3.86. The van der Waals surface area contributed by atoms with Crippen molar-refractivity contribution in [2.45, 2.75) is 51.7 Å². The topological polar surface area (TPSA) is 3.24 Å². The molecule has 2 rings (SSSR count). The Morgan fingerprint density at radius 3 is 2.40 bits per heavy atom. The largest absolute Gasteiger partial charge is 0.408 e. The predicted molar refractivity (Wildman–Crippen MR) is 71.6 cm³/mol. The number of rotatable bonds is 2. The molecule has 0 N–H and O–H groups in total. The summed E-state index contributed by atoms with van der Waals surface area (Å²) in [4.78, 5) is 1.28. The first-order valence-electron chi connectivity index (χ1n) is 6.85. The summed E-state index contributed by atoms with van der Waals surface area (Å²) in [6.07, 6.45) is -3.70. The van der Waals surface area contributed by atoms with Crippen molar-refractivity contribution >= 4 is 5.69 Å². The van der Waals surface area contributed by atoms with Gasteiger partial charge in [-0.25, -0.2) is 4.39 Å². The fourth-order valence-electron chi connectivity index (χ4n) is 3.05.